The van der Waals surface area contributed by atoms with E-state index in [1.54, 1.807) is 24.4 Å². The van der Waals surface area contributed by atoms with Gasteiger partial charge in [-0.2, -0.15) is 0 Å². The molecular weight excluding hydrogens is 360 g/mol. The molecule has 0 aliphatic heterocycles. The largest absolute Gasteiger partial charge is 0.495 e. The molecule has 1 heterocycles. The van der Waals surface area contributed by atoms with Gasteiger partial charge < -0.3 is 14.8 Å². The normalized spacial score (nSPS) is 10.1. The molecule has 0 aliphatic rings. The van der Waals surface area contributed by atoms with Crippen LogP contribution in [0.3, 0.4) is 0 Å². The van der Waals surface area contributed by atoms with E-state index in [4.69, 9.17) is 21.1 Å². The maximum absolute atomic E-state index is 12.2. The monoisotopic (exact) mass is 370 g/mol. The van der Waals surface area contributed by atoms with Crippen LogP contribution in [0.25, 0.3) is 0 Å². The summed E-state index contributed by atoms with van der Waals surface area (Å²) < 4.78 is 11.0. The highest BCUT2D eigenvalue weighted by atomic mass is 79.9. The molecular formula is C14H12BrClN2O3. The minimum atomic E-state index is -0.316. The van der Waals surface area contributed by atoms with Gasteiger partial charge in [0.1, 0.15) is 11.5 Å². The third-order valence-corrected chi connectivity index (χ3v) is 3.42. The summed E-state index contributed by atoms with van der Waals surface area (Å²) in [5.41, 5.74) is 0.867. The van der Waals surface area contributed by atoms with E-state index >= 15 is 0 Å². The van der Waals surface area contributed by atoms with Crippen molar-refractivity contribution in [2.24, 2.45) is 0 Å². The second-order valence-corrected chi connectivity index (χ2v) is 5.36. The average molecular weight is 372 g/mol. The summed E-state index contributed by atoms with van der Waals surface area (Å²) in [5.74, 6) is 0.603. The van der Waals surface area contributed by atoms with Crippen LogP contribution in [0.4, 0.5) is 5.69 Å². The number of methoxy groups -OCH3 is 2. The highest BCUT2D eigenvalue weighted by Crippen LogP contribution is 2.36. The van der Waals surface area contributed by atoms with Gasteiger partial charge in [-0.05, 0) is 28.1 Å². The number of carbonyl (C=O) groups excluding carboxylic acids is 1. The standard InChI is InChI=1S/C14H12BrClN2O3/c1-20-12-5-13(21-2)11(4-10(12)16)18-14(19)8-3-9(15)7-17-6-8/h3-7H,1-2H3,(H,18,19). The molecule has 0 unspecified atom stereocenters. The van der Waals surface area contributed by atoms with Gasteiger partial charge in [-0.25, -0.2) is 0 Å². The zero-order valence-electron chi connectivity index (χ0n) is 11.3. The van der Waals surface area contributed by atoms with Crippen LogP contribution in [-0.2, 0) is 0 Å². The molecule has 1 N–H and O–H groups in total. The van der Waals surface area contributed by atoms with Gasteiger partial charge in [0.2, 0.25) is 0 Å². The summed E-state index contributed by atoms with van der Waals surface area (Å²) >= 11 is 9.33. The van der Waals surface area contributed by atoms with E-state index in [1.165, 1.54) is 20.4 Å². The highest BCUT2D eigenvalue weighted by Gasteiger charge is 2.14. The first kappa shape index (κ1) is 15.6. The first-order valence-corrected chi connectivity index (χ1v) is 7.05. The van der Waals surface area contributed by atoms with Crippen molar-refractivity contribution in [1.82, 2.24) is 4.98 Å². The smallest absolute Gasteiger partial charge is 0.257 e. The summed E-state index contributed by atoms with van der Waals surface area (Å²) in [6.45, 7) is 0. The number of hydrogen-bond donors (Lipinski definition) is 1. The van der Waals surface area contributed by atoms with E-state index in [0.717, 1.165) is 4.47 Å². The molecule has 110 valence electrons. The fourth-order valence-electron chi connectivity index (χ4n) is 1.69. The summed E-state index contributed by atoms with van der Waals surface area (Å²) in [7, 11) is 3.01. The van der Waals surface area contributed by atoms with Gasteiger partial charge in [0.25, 0.3) is 5.91 Å². The fourth-order valence-corrected chi connectivity index (χ4v) is 2.29. The van der Waals surface area contributed by atoms with E-state index in [1.807, 2.05) is 0 Å². The molecule has 1 amide bonds. The molecule has 0 saturated carbocycles. The number of hydrogen-bond acceptors (Lipinski definition) is 4. The molecule has 0 spiro atoms. The predicted molar refractivity (Wildman–Crippen MR) is 84.4 cm³/mol. The van der Waals surface area contributed by atoms with E-state index in [-0.39, 0.29) is 5.91 Å². The Morgan fingerprint density at radius 3 is 2.52 bits per heavy atom. The van der Waals surface area contributed by atoms with E-state index in [2.05, 4.69) is 26.2 Å². The van der Waals surface area contributed by atoms with Crippen molar-refractivity contribution in [3.8, 4) is 11.5 Å². The molecule has 0 aliphatic carbocycles. The maximum atomic E-state index is 12.2. The number of nitrogens with zero attached hydrogens (tertiary/aromatic N) is 1. The van der Waals surface area contributed by atoms with Gasteiger partial charge in [0.15, 0.2) is 0 Å². The molecule has 0 radical (unpaired) electrons. The SMILES string of the molecule is COc1cc(OC)c(NC(=O)c2cncc(Br)c2)cc1Cl. The maximum Gasteiger partial charge on any atom is 0.257 e. The Morgan fingerprint density at radius 2 is 1.90 bits per heavy atom. The molecule has 21 heavy (non-hydrogen) atoms. The van der Waals surface area contributed by atoms with Crippen molar-refractivity contribution < 1.29 is 14.3 Å². The van der Waals surface area contributed by atoms with Crippen molar-refractivity contribution >= 4 is 39.1 Å². The minimum Gasteiger partial charge on any atom is -0.495 e. The van der Waals surface area contributed by atoms with E-state index in [0.29, 0.717) is 27.8 Å². The summed E-state index contributed by atoms with van der Waals surface area (Å²) in [5, 5.41) is 3.11. The van der Waals surface area contributed by atoms with Crippen molar-refractivity contribution in [3.05, 3.63) is 45.7 Å². The van der Waals surface area contributed by atoms with Crippen LogP contribution in [-0.4, -0.2) is 25.1 Å². The minimum absolute atomic E-state index is 0.316. The summed E-state index contributed by atoms with van der Waals surface area (Å²) in [6, 6.07) is 4.85. The quantitative estimate of drug-likeness (QED) is 0.889. The lowest BCUT2D eigenvalue weighted by molar-refractivity contribution is 0.102. The number of halogens is 2. The van der Waals surface area contributed by atoms with Crippen LogP contribution in [0.15, 0.2) is 35.1 Å². The number of ether oxygens (including phenoxy) is 2. The number of aromatic nitrogens is 1. The number of rotatable bonds is 4. The summed E-state index contributed by atoms with van der Waals surface area (Å²) in [6.07, 6.45) is 3.07. The average Bonchev–Trinajstić information content (AvgIpc) is 2.47. The predicted octanol–water partition coefficient (Wildman–Crippen LogP) is 3.77. The Labute approximate surface area is 135 Å². The Kier molecular flexibility index (Phi) is 5.03. The van der Waals surface area contributed by atoms with Gasteiger partial charge in [0, 0.05) is 22.9 Å². The van der Waals surface area contributed by atoms with Gasteiger partial charge in [-0.1, -0.05) is 11.6 Å². The first-order valence-electron chi connectivity index (χ1n) is 5.88. The molecule has 1 aromatic heterocycles. The van der Waals surface area contributed by atoms with Crippen LogP contribution >= 0.6 is 27.5 Å². The number of carbonyl (C=O) groups is 1. The van der Waals surface area contributed by atoms with Crippen molar-refractivity contribution in [1.29, 1.82) is 0 Å². The van der Waals surface area contributed by atoms with Crippen LogP contribution in [0.1, 0.15) is 10.4 Å². The first-order chi connectivity index (χ1) is 10.0. The lowest BCUT2D eigenvalue weighted by Gasteiger charge is -2.13. The van der Waals surface area contributed by atoms with Crippen LogP contribution in [0.2, 0.25) is 5.02 Å². The Bertz CT molecular complexity index is 679. The molecule has 1 aromatic carbocycles. The number of amides is 1. The van der Waals surface area contributed by atoms with Gasteiger partial charge in [-0.3, -0.25) is 9.78 Å². The second kappa shape index (κ2) is 6.78. The van der Waals surface area contributed by atoms with Crippen molar-refractivity contribution in [3.63, 3.8) is 0 Å². The van der Waals surface area contributed by atoms with Crippen LogP contribution < -0.4 is 14.8 Å². The number of pyridine rings is 1. The highest BCUT2D eigenvalue weighted by molar-refractivity contribution is 9.10. The molecule has 2 aromatic rings. The van der Waals surface area contributed by atoms with Gasteiger partial charge >= 0.3 is 0 Å². The third kappa shape index (κ3) is 3.65. The number of anilines is 1. The molecule has 5 nitrogen and oxygen atoms in total. The Hall–Kier alpha value is -1.79. The molecule has 0 fully saturated rings. The molecule has 0 bridgehead atoms. The molecule has 2 rings (SSSR count). The van der Waals surface area contributed by atoms with Crippen molar-refractivity contribution in [2.45, 2.75) is 0 Å². The Morgan fingerprint density at radius 1 is 1.19 bits per heavy atom. The topological polar surface area (TPSA) is 60.5 Å². The number of benzene rings is 1. The van der Waals surface area contributed by atoms with Crippen molar-refractivity contribution in [2.75, 3.05) is 19.5 Å². The second-order valence-electron chi connectivity index (χ2n) is 4.03. The van der Waals surface area contributed by atoms with Gasteiger partial charge in [0.05, 0.1) is 30.5 Å². The third-order valence-electron chi connectivity index (χ3n) is 2.69. The van der Waals surface area contributed by atoms with Crippen LogP contribution in [0, 0.1) is 0 Å². The number of nitrogens with one attached hydrogen (secondary N) is 1. The van der Waals surface area contributed by atoms with Crippen LogP contribution in [0.5, 0.6) is 11.5 Å². The Balaban J connectivity index is 2.30. The molecule has 7 heteroatoms. The van der Waals surface area contributed by atoms with E-state index in [9.17, 15) is 4.79 Å². The fraction of sp³-hybridized carbons (Fsp3) is 0.143. The molecule has 0 saturated heterocycles. The van der Waals surface area contributed by atoms with Gasteiger partial charge in [-0.15, -0.1) is 0 Å². The zero-order valence-corrected chi connectivity index (χ0v) is 13.7. The lowest BCUT2D eigenvalue weighted by Crippen LogP contribution is -2.13. The molecule has 0 atom stereocenters. The zero-order chi connectivity index (χ0) is 15.4. The van der Waals surface area contributed by atoms with E-state index < -0.39 is 0 Å². The lowest BCUT2D eigenvalue weighted by atomic mass is 10.2. The summed E-state index contributed by atoms with van der Waals surface area (Å²) in [4.78, 5) is 16.1.